The van der Waals surface area contributed by atoms with Gasteiger partial charge >= 0.3 is 0 Å². The highest BCUT2D eigenvalue weighted by Crippen LogP contribution is 2.35. The SMILES string of the molecule is CP(C)CCCCP(C)CCCCP(C)C. The van der Waals surface area contributed by atoms with Crippen LogP contribution in [-0.4, -0.2) is 58.0 Å². The first kappa shape index (κ1) is 17.3. The topological polar surface area (TPSA) is 0 Å². The molecule has 98 valence electrons. The highest BCUT2D eigenvalue weighted by molar-refractivity contribution is 7.57. The number of unbranched alkanes of at least 4 members (excludes halogenated alkanes) is 2. The Morgan fingerprint density at radius 3 is 1.12 bits per heavy atom. The molecule has 0 rings (SSSR count). The van der Waals surface area contributed by atoms with Crippen molar-refractivity contribution in [1.29, 1.82) is 0 Å². The van der Waals surface area contributed by atoms with Crippen molar-refractivity contribution in [2.75, 3.05) is 58.0 Å². The predicted octanol–water partition coefficient (Wildman–Crippen LogP) is 5.14. The molecule has 0 aromatic carbocycles. The second-order valence-corrected chi connectivity index (χ2v) is 13.1. The van der Waals surface area contributed by atoms with Crippen LogP contribution in [0.5, 0.6) is 0 Å². The van der Waals surface area contributed by atoms with Crippen molar-refractivity contribution in [3.8, 4) is 0 Å². The van der Waals surface area contributed by atoms with Crippen molar-refractivity contribution >= 4 is 23.8 Å². The molecule has 0 nitrogen and oxygen atoms in total. The maximum Gasteiger partial charge on any atom is -0.0328 e. The van der Waals surface area contributed by atoms with Crippen LogP contribution in [0.2, 0.25) is 0 Å². The Morgan fingerprint density at radius 2 is 0.812 bits per heavy atom. The largest absolute Gasteiger partial charge is 0.113 e. The van der Waals surface area contributed by atoms with E-state index < -0.39 is 0 Å². The number of hydrogen-bond donors (Lipinski definition) is 0. The zero-order valence-corrected chi connectivity index (χ0v) is 14.7. The van der Waals surface area contributed by atoms with Gasteiger partial charge in [0, 0.05) is 0 Å². The Balaban J connectivity index is 3.21. The Hall–Kier alpha value is 1.29. The van der Waals surface area contributed by atoms with E-state index in [1.165, 1.54) is 50.3 Å². The van der Waals surface area contributed by atoms with Crippen molar-refractivity contribution in [3.05, 3.63) is 0 Å². The highest BCUT2D eigenvalue weighted by atomic mass is 31.1. The van der Waals surface area contributed by atoms with E-state index in [2.05, 4.69) is 33.3 Å². The number of hydrogen-bond acceptors (Lipinski definition) is 0. The Morgan fingerprint density at radius 1 is 0.500 bits per heavy atom. The molecule has 0 saturated carbocycles. The van der Waals surface area contributed by atoms with Crippen LogP contribution in [-0.2, 0) is 0 Å². The third-order valence-corrected chi connectivity index (χ3v) is 7.37. The van der Waals surface area contributed by atoms with Crippen molar-refractivity contribution in [3.63, 3.8) is 0 Å². The lowest BCUT2D eigenvalue weighted by Gasteiger charge is -2.13. The van der Waals surface area contributed by atoms with Gasteiger partial charge in [-0.25, -0.2) is 0 Å². The fraction of sp³-hybridized carbons (Fsp3) is 1.00. The molecule has 0 bridgehead atoms. The molecule has 0 aliphatic rings. The van der Waals surface area contributed by atoms with Crippen LogP contribution < -0.4 is 0 Å². The molecule has 0 aromatic heterocycles. The fourth-order valence-electron chi connectivity index (χ4n) is 1.73. The molecule has 0 amide bonds. The maximum atomic E-state index is 2.51. The molecule has 0 saturated heterocycles. The average molecular weight is 280 g/mol. The van der Waals surface area contributed by atoms with E-state index in [-0.39, 0.29) is 0 Å². The van der Waals surface area contributed by atoms with Crippen LogP contribution in [0, 0.1) is 0 Å². The fourth-order valence-corrected chi connectivity index (χ4v) is 5.19. The standard InChI is InChI=1S/C13H31P3/c1-14(2)10-6-8-12-16(5)13-9-7-11-15(3)4/h6-13H2,1-5H3. The Kier molecular flexibility index (Phi) is 12.3. The van der Waals surface area contributed by atoms with Crippen LogP contribution in [0.25, 0.3) is 0 Å². The van der Waals surface area contributed by atoms with E-state index in [0.717, 1.165) is 0 Å². The molecule has 0 aliphatic heterocycles. The van der Waals surface area contributed by atoms with Crippen molar-refractivity contribution in [2.45, 2.75) is 25.7 Å². The zero-order chi connectivity index (χ0) is 12.4. The van der Waals surface area contributed by atoms with Gasteiger partial charge in [-0.1, -0.05) is 0 Å². The monoisotopic (exact) mass is 280 g/mol. The highest BCUT2D eigenvalue weighted by Gasteiger charge is 2.02. The summed E-state index contributed by atoms with van der Waals surface area (Å²) < 4.78 is 0. The Bertz CT molecular complexity index is 130. The molecule has 0 unspecified atom stereocenters. The molecule has 0 heterocycles. The minimum Gasteiger partial charge on any atom is -0.113 e. The summed E-state index contributed by atoms with van der Waals surface area (Å²) in [5.74, 6) is 0. The molecular weight excluding hydrogens is 249 g/mol. The lowest BCUT2D eigenvalue weighted by molar-refractivity contribution is 0.875. The Labute approximate surface area is 108 Å². The molecule has 16 heavy (non-hydrogen) atoms. The second-order valence-electron chi connectivity index (χ2n) is 5.32. The molecule has 0 aromatic rings. The summed E-state index contributed by atoms with van der Waals surface area (Å²) in [7, 11) is 1.09. The van der Waals surface area contributed by atoms with Gasteiger partial charge in [-0.05, 0) is 83.7 Å². The average Bonchev–Trinajstić information content (AvgIpc) is 2.19. The number of rotatable bonds is 10. The first-order valence-corrected chi connectivity index (χ1v) is 13.5. The van der Waals surface area contributed by atoms with Gasteiger partial charge in [-0.15, -0.1) is 23.8 Å². The van der Waals surface area contributed by atoms with Crippen molar-refractivity contribution in [2.24, 2.45) is 0 Å². The van der Waals surface area contributed by atoms with Crippen LogP contribution in [0.3, 0.4) is 0 Å². The molecule has 3 heteroatoms. The lowest BCUT2D eigenvalue weighted by Crippen LogP contribution is -1.93. The summed E-state index contributed by atoms with van der Waals surface area (Å²) >= 11 is 0. The molecule has 0 N–H and O–H groups in total. The first-order chi connectivity index (χ1) is 7.52. The quantitative estimate of drug-likeness (QED) is 0.384. The maximum absolute atomic E-state index is 2.51. The van der Waals surface area contributed by atoms with Crippen LogP contribution in [0.15, 0.2) is 0 Å². The summed E-state index contributed by atoms with van der Waals surface area (Å²) in [6.45, 7) is 12.1. The molecule has 0 fully saturated rings. The molecule has 0 aliphatic carbocycles. The summed E-state index contributed by atoms with van der Waals surface area (Å²) in [5, 5.41) is 0. The zero-order valence-electron chi connectivity index (χ0n) is 12.0. The van der Waals surface area contributed by atoms with Gasteiger partial charge in [-0.3, -0.25) is 0 Å². The summed E-state index contributed by atoms with van der Waals surface area (Å²) in [6.07, 6.45) is 12.0. The van der Waals surface area contributed by atoms with Gasteiger partial charge in [0.25, 0.3) is 0 Å². The third-order valence-electron chi connectivity index (χ3n) is 2.79. The van der Waals surface area contributed by atoms with E-state index in [9.17, 15) is 0 Å². The summed E-state index contributed by atoms with van der Waals surface area (Å²) in [4.78, 5) is 0. The van der Waals surface area contributed by atoms with Gasteiger partial charge in [0.1, 0.15) is 0 Å². The summed E-state index contributed by atoms with van der Waals surface area (Å²) in [5.41, 5.74) is 0. The van der Waals surface area contributed by atoms with E-state index in [0.29, 0.717) is 23.8 Å². The van der Waals surface area contributed by atoms with Crippen LogP contribution in [0.4, 0.5) is 0 Å². The van der Waals surface area contributed by atoms with E-state index >= 15 is 0 Å². The first-order valence-electron chi connectivity index (χ1n) is 6.50. The lowest BCUT2D eigenvalue weighted by atomic mass is 10.4. The van der Waals surface area contributed by atoms with Crippen LogP contribution >= 0.6 is 23.8 Å². The van der Waals surface area contributed by atoms with E-state index in [1.54, 1.807) is 0 Å². The van der Waals surface area contributed by atoms with Crippen molar-refractivity contribution < 1.29 is 0 Å². The molecule has 0 radical (unpaired) electrons. The van der Waals surface area contributed by atoms with Gasteiger partial charge in [-0.2, -0.15) is 0 Å². The van der Waals surface area contributed by atoms with Gasteiger partial charge in [0.05, 0.1) is 0 Å². The molecule has 0 atom stereocenters. The third kappa shape index (κ3) is 13.4. The van der Waals surface area contributed by atoms with Crippen LogP contribution in [0.1, 0.15) is 25.7 Å². The summed E-state index contributed by atoms with van der Waals surface area (Å²) in [6, 6.07) is 0. The van der Waals surface area contributed by atoms with E-state index in [4.69, 9.17) is 0 Å². The minimum atomic E-state index is 0.357. The van der Waals surface area contributed by atoms with Gasteiger partial charge < -0.3 is 0 Å². The van der Waals surface area contributed by atoms with Crippen molar-refractivity contribution in [1.82, 2.24) is 0 Å². The smallest absolute Gasteiger partial charge is 0.0328 e. The minimum absolute atomic E-state index is 0.357. The normalized spacial score (nSPS) is 12.0. The van der Waals surface area contributed by atoms with Gasteiger partial charge in [0.2, 0.25) is 0 Å². The second kappa shape index (κ2) is 11.4. The molecule has 0 spiro atoms. The van der Waals surface area contributed by atoms with E-state index in [1.807, 2.05) is 0 Å². The predicted molar refractivity (Wildman–Crippen MR) is 88.3 cm³/mol. The molecular formula is C13H31P3. The van der Waals surface area contributed by atoms with Gasteiger partial charge in [0.15, 0.2) is 0 Å².